The van der Waals surface area contributed by atoms with Crippen LogP contribution in [-0.2, 0) is 6.42 Å². The van der Waals surface area contributed by atoms with Gasteiger partial charge in [-0.15, -0.1) is 0 Å². The SMILES string of the molecule is CCC1(COc2ccc(Cc3cc(Br)ccc3Cl)cc2)CCCCC1. The van der Waals surface area contributed by atoms with Crippen molar-refractivity contribution in [2.45, 2.75) is 51.9 Å². The smallest absolute Gasteiger partial charge is 0.119 e. The number of hydrogen-bond acceptors (Lipinski definition) is 1. The van der Waals surface area contributed by atoms with Crippen LogP contribution in [0.15, 0.2) is 46.9 Å². The second-order valence-electron chi connectivity index (χ2n) is 7.26. The van der Waals surface area contributed by atoms with Crippen molar-refractivity contribution in [3.8, 4) is 5.75 Å². The van der Waals surface area contributed by atoms with E-state index in [-0.39, 0.29) is 0 Å². The minimum atomic E-state index is 0.390. The van der Waals surface area contributed by atoms with Crippen LogP contribution in [0.2, 0.25) is 5.02 Å². The molecule has 0 atom stereocenters. The summed E-state index contributed by atoms with van der Waals surface area (Å²) in [6.07, 6.45) is 8.75. The van der Waals surface area contributed by atoms with Gasteiger partial charge in [-0.3, -0.25) is 0 Å². The lowest BCUT2D eigenvalue weighted by molar-refractivity contribution is 0.0926. The topological polar surface area (TPSA) is 9.23 Å². The highest BCUT2D eigenvalue weighted by atomic mass is 79.9. The van der Waals surface area contributed by atoms with Gasteiger partial charge in [-0.25, -0.2) is 0 Å². The van der Waals surface area contributed by atoms with E-state index in [4.69, 9.17) is 16.3 Å². The third-order valence-corrected chi connectivity index (χ3v) is 6.40. The fraction of sp³-hybridized carbons (Fsp3) is 0.455. The molecule has 2 aromatic carbocycles. The molecule has 0 unspecified atom stereocenters. The molecule has 0 bridgehead atoms. The Morgan fingerprint density at radius 2 is 1.76 bits per heavy atom. The number of ether oxygens (including phenoxy) is 1. The third-order valence-electron chi connectivity index (χ3n) is 5.53. The molecule has 1 fully saturated rings. The Morgan fingerprint density at radius 1 is 1.04 bits per heavy atom. The lowest BCUT2D eigenvalue weighted by Gasteiger charge is -2.36. The summed E-state index contributed by atoms with van der Waals surface area (Å²) >= 11 is 9.81. The molecule has 25 heavy (non-hydrogen) atoms. The molecular weight excluding hydrogens is 396 g/mol. The zero-order chi connectivity index (χ0) is 17.7. The van der Waals surface area contributed by atoms with Crippen LogP contribution in [0, 0.1) is 5.41 Å². The summed E-state index contributed by atoms with van der Waals surface area (Å²) < 4.78 is 7.21. The lowest BCUT2D eigenvalue weighted by atomic mass is 9.73. The van der Waals surface area contributed by atoms with Crippen LogP contribution in [-0.4, -0.2) is 6.61 Å². The molecule has 1 nitrogen and oxygen atoms in total. The average Bonchev–Trinajstić information content (AvgIpc) is 2.65. The molecule has 134 valence electrons. The van der Waals surface area contributed by atoms with E-state index in [0.717, 1.165) is 33.8 Å². The Morgan fingerprint density at radius 3 is 2.44 bits per heavy atom. The summed E-state index contributed by atoms with van der Waals surface area (Å²) in [7, 11) is 0. The zero-order valence-electron chi connectivity index (χ0n) is 14.9. The Hall–Kier alpha value is -0.990. The molecule has 0 aliphatic heterocycles. The van der Waals surface area contributed by atoms with Crippen molar-refractivity contribution in [2.24, 2.45) is 5.41 Å². The van der Waals surface area contributed by atoms with Crippen molar-refractivity contribution in [3.05, 3.63) is 63.1 Å². The molecule has 3 heteroatoms. The molecule has 0 N–H and O–H groups in total. The van der Waals surface area contributed by atoms with Gasteiger partial charge in [0.05, 0.1) is 6.61 Å². The quantitative estimate of drug-likeness (QED) is 0.471. The monoisotopic (exact) mass is 420 g/mol. The highest BCUT2D eigenvalue weighted by Gasteiger charge is 2.30. The van der Waals surface area contributed by atoms with Gasteiger partial charge in [0.15, 0.2) is 0 Å². The lowest BCUT2D eigenvalue weighted by Crippen LogP contribution is -2.30. The molecule has 1 aliphatic rings. The molecule has 3 rings (SSSR count). The summed E-state index contributed by atoms with van der Waals surface area (Å²) in [4.78, 5) is 0. The van der Waals surface area contributed by atoms with E-state index in [9.17, 15) is 0 Å². The summed E-state index contributed by atoms with van der Waals surface area (Å²) in [6.45, 7) is 3.15. The molecule has 0 aromatic heterocycles. The molecule has 1 saturated carbocycles. The average molecular weight is 422 g/mol. The van der Waals surface area contributed by atoms with Gasteiger partial charge in [-0.1, -0.05) is 65.8 Å². The summed E-state index contributed by atoms with van der Waals surface area (Å²) in [5.41, 5.74) is 2.77. The minimum absolute atomic E-state index is 0.390. The predicted octanol–water partition coefficient (Wildman–Crippen LogP) is 7.43. The van der Waals surface area contributed by atoms with E-state index in [1.165, 1.54) is 44.1 Å². The van der Waals surface area contributed by atoms with Crippen LogP contribution in [0.5, 0.6) is 5.75 Å². The van der Waals surface area contributed by atoms with E-state index in [1.54, 1.807) is 0 Å². The van der Waals surface area contributed by atoms with Gasteiger partial charge < -0.3 is 4.74 Å². The maximum Gasteiger partial charge on any atom is 0.119 e. The van der Waals surface area contributed by atoms with Crippen molar-refractivity contribution in [3.63, 3.8) is 0 Å². The van der Waals surface area contributed by atoms with Gasteiger partial charge in [0.2, 0.25) is 0 Å². The van der Waals surface area contributed by atoms with Crippen molar-refractivity contribution < 1.29 is 4.74 Å². The first-order valence-corrected chi connectivity index (χ1v) is 10.4. The standard InChI is InChI=1S/C22H26BrClO/c1-2-22(12-4-3-5-13-22)16-25-20-9-6-17(7-10-20)14-18-15-19(23)8-11-21(18)24/h6-11,15H,2-5,12-14,16H2,1H3. The van der Waals surface area contributed by atoms with Gasteiger partial charge in [0.25, 0.3) is 0 Å². The van der Waals surface area contributed by atoms with E-state index < -0.39 is 0 Å². The maximum atomic E-state index is 6.30. The van der Waals surface area contributed by atoms with E-state index >= 15 is 0 Å². The van der Waals surface area contributed by atoms with E-state index in [1.807, 2.05) is 12.1 Å². The fourth-order valence-electron chi connectivity index (χ4n) is 3.74. The maximum absolute atomic E-state index is 6.30. The molecule has 0 saturated heterocycles. The van der Waals surface area contributed by atoms with Gasteiger partial charge in [0, 0.05) is 14.9 Å². The Labute approximate surface area is 164 Å². The van der Waals surface area contributed by atoms with Crippen molar-refractivity contribution in [1.82, 2.24) is 0 Å². The highest BCUT2D eigenvalue weighted by molar-refractivity contribution is 9.10. The molecule has 0 amide bonds. The van der Waals surface area contributed by atoms with Gasteiger partial charge in [-0.05, 0) is 67.1 Å². The summed E-state index contributed by atoms with van der Waals surface area (Å²) in [5, 5.41) is 0.811. The fourth-order valence-corrected chi connectivity index (χ4v) is 4.33. The number of hydrogen-bond donors (Lipinski definition) is 0. The zero-order valence-corrected chi connectivity index (χ0v) is 17.2. The van der Waals surface area contributed by atoms with E-state index in [0.29, 0.717) is 5.41 Å². The highest BCUT2D eigenvalue weighted by Crippen LogP contribution is 2.39. The van der Waals surface area contributed by atoms with Crippen molar-refractivity contribution >= 4 is 27.5 Å². The molecule has 2 aromatic rings. The van der Waals surface area contributed by atoms with Gasteiger partial charge in [0.1, 0.15) is 5.75 Å². The van der Waals surface area contributed by atoms with Crippen LogP contribution in [0.25, 0.3) is 0 Å². The number of halogens is 2. The molecule has 0 radical (unpaired) electrons. The second kappa shape index (κ2) is 8.60. The number of benzene rings is 2. The van der Waals surface area contributed by atoms with Crippen LogP contribution < -0.4 is 4.74 Å². The van der Waals surface area contributed by atoms with Gasteiger partial charge >= 0.3 is 0 Å². The second-order valence-corrected chi connectivity index (χ2v) is 8.58. The van der Waals surface area contributed by atoms with Gasteiger partial charge in [-0.2, -0.15) is 0 Å². The largest absolute Gasteiger partial charge is 0.493 e. The van der Waals surface area contributed by atoms with Crippen LogP contribution in [0.3, 0.4) is 0 Å². The summed E-state index contributed by atoms with van der Waals surface area (Å²) in [5.74, 6) is 0.975. The third kappa shape index (κ3) is 5.01. The van der Waals surface area contributed by atoms with Crippen molar-refractivity contribution in [1.29, 1.82) is 0 Å². The molecular formula is C22H26BrClO. The first-order chi connectivity index (χ1) is 12.1. The first kappa shape index (κ1) is 18.8. The van der Waals surface area contributed by atoms with Crippen LogP contribution in [0.4, 0.5) is 0 Å². The summed E-state index contributed by atoms with van der Waals surface area (Å²) in [6, 6.07) is 14.5. The first-order valence-electron chi connectivity index (χ1n) is 9.26. The Kier molecular flexibility index (Phi) is 6.46. The Balaban J connectivity index is 1.61. The Bertz CT molecular complexity index is 690. The molecule has 1 aliphatic carbocycles. The van der Waals surface area contributed by atoms with Crippen LogP contribution >= 0.6 is 27.5 Å². The van der Waals surface area contributed by atoms with Crippen LogP contribution in [0.1, 0.15) is 56.6 Å². The van der Waals surface area contributed by atoms with Crippen molar-refractivity contribution in [2.75, 3.05) is 6.61 Å². The predicted molar refractivity (Wildman–Crippen MR) is 110 cm³/mol. The minimum Gasteiger partial charge on any atom is -0.493 e. The number of rotatable bonds is 6. The normalized spacial score (nSPS) is 16.6. The molecule has 0 spiro atoms. The van der Waals surface area contributed by atoms with E-state index in [2.05, 4.69) is 53.2 Å². The molecule has 0 heterocycles.